The molecule has 84 valence electrons. The molecule has 1 aliphatic heterocycles. The van der Waals surface area contributed by atoms with Gasteiger partial charge < -0.3 is 5.11 Å². The zero-order valence-electron chi connectivity index (χ0n) is 8.67. The first-order valence-corrected chi connectivity index (χ1v) is 4.88. The normalized spacial score (nSPS) is 16.5. The van der Waals surface area contributed by atoms with E-state index in [0.29, 0.717) is 16.2 Å². The summed E-state index contributed by atoms with van der Waals surface area (Å²) in [5.74, 6) is -1.03. The molecule has 1 unspecified atom stereocenters. The number of amides is 2. The highest BCUT2D eigenvalue weighted by Gasteiger charge is 2.36. The summed E-state index contributed by atoms with van der Waals surface area (Å²) in [6.07, 6.45) is -0.706. The molecule has 16 heavy (non-hydrogen) atoms. The summed E-state index contributed by atoms with van der Waals surface area (Å²) in [5.41, 5.74) is 0.621. The van der Waals surface area contributed by atoms with Gasteiger partial charge in [0.05, 0.1) is 17.2 Å². The zero-order chi connectivity index (χ0) is 11.7. The minimum absolute atomic E-state index is 0.311. The maximum absolute atomic E-state index is 11.7. The molecule has 0 bridgehead atoms. The number of hydrogen-bond donors (Lipinski definition) is 0. The predicted molar refractivity (Wildman–Crippen MR) is 52.4 cm³/mol. The first-order chi connectivity index (χ1) is 7.65. The molecule has 1 aromatic rings. The van der Waals surface area contributed by atoms with Crippen LogP contribution in [0.2, 0.25) is 0 Å². The summed E-state index contributed by atoms with van der Waals surface area (Å²) in [5, 5.41) is 11.2. The fourth-order valence-corrected chi connectivity index (χ4v) is 1.47. The maximum atomic E-state index is 11.7. The van der Waals surface area contributed by atoms with E-state index in [1.54, 1.807) is 24.3 Å². The van der Waals surface area contributed by atoms with E-state index in [0.717, 1.165) is 0 Å². The minimum Gasteiger partial charge on any atom is -0.853 e. The van der Waals surface area contributed by atoms with E-state index >= 15 is 0 Å². The standard InChI is InChI=1S/C11H10NO4/c1-7(6-13)16-12-10(14)8-4-2-3-5-9(8)11(12)15/h2-5,7H,6H2,1H3/q-1. The fraction of sp³-hybridized carbons (Fsp3) is 0.273. The lowest BCUT2D eigenvalue weighted by Crippen LogP contribution is -2.37. The third-order valence-corrected chi connectivity index (χ3v) is 2.28. The monoisotopic (exact) mass is 220 g/mol. The Labute approximate surface area is 92.2 Å². The molecule has 0 aliphatic carbocycles. The Morgan fingerprint density at radius 1 is 1.25 bits per heavy atom. The first kappa shape index (κ1) is 10.8. The second-order valence-electron chi connectivity index (χ2n) is 3.53. The number of imide groups is 1. The van der Waals surface area contributed by atoms with Crippen LogP contribution in [0.3, 0.4) is 0 Å². The van der Waals surface area contributed by atoms with Gasteiger partial charge in [0.1, 0.15) is 0 Å². The molecule has 0 saturated heterocycles. The van der Waals surface area contributed by atoms with Crippen LogP contribution < -0.4 is 5.11 Å². The molecule has 1 heterocycles. The van der Waals surface area contributed by atoms with Gasteiger partial charge in [-0.1, -0.05) is 12.1 Å². The molecule has 0 fully saturated rings. The molecule has 2 rings (SSSR count). The maximum Gasteiger partial charge on any atom is 0.285 e. The largest absolute Gasteiger partial charge is 0.853 e. The predicted octanol–water partition coefficient (Wildman–Crippen LogP) is -0.0370. The van der Waals surface area contributed by atoms with Crippen LogP contribution in [-0.4, -0.2) is 29.6 Å². The third-order valence-electron chi connectivity index (χ3n) is 2.28. The lowest BCUT2D eigenvalue weighted by molar-refractivity contribution is -0.392. The molecule has 0 aromatic heterocycles. The van der Waals surface area contributed by atoms with Crippen LogP contribution in [0.15, 0.2) is 24.3 Å². The highest BCUT2D eigenvalue weighted by atomic mass is 16.7. The SMILES string of the molecule is CC(C[O-])ON1C(=O)c2ccccc2C1=O. The molecular weight excluding hydrogens is 210 g/mol. The van der Waals surface area contributed by atoms with E-state index in [2.05, 4.69) is 0 Å². The van der Waals surface area contributed by atoms with E-state index in [1.807, 2.05) is 0 Å². The van der Waals surface area contributed by atoms with Crippen LogP contribution in [0, 0.1) is 0 Å². The number of fused-ring (bicyclic) bond motifs is 1. The fourth-order valence-electron chi connectivity index (χ4n) is 1.47. The average molecular weight is 220 g/mol. The molecule has 0 spiro atoms. The van der Waals surface area contributed by atoms with Crippen LogP contribution in [0.4, 0.5) is 0 Å². The number of benzene rings is 1. The Morgan fingerprint density at radius 2 is 1.75 bits per heavy atom. The van der Waals surface area contributed by atoms with E-state index in [1.165, 1.54) is 6.92 Å². The van der Waals surface area contributed by atoms with Crippen molar-refractivity contribution in [2.75, 3.05) is 6.61 Å². The van der Waals surface area contributed by atoms with Crippen molar-refractivity contribution in [2.45, 2.75) is 13.0 Å². The molecular formula is C11H10NO4-. The molecule has 0 N–H and O–H groups in total. The van der Waals surface area contributed by atoms with Gasteiger partial charge in [-0.15, -0.1) is 11.7 Å². The van der Waals surface area contributed by atoms with Crippen molar-refractivity contribution in [1.29, 1.82) is 0 Å². The van der Waals surface area contributed by atoms with E-state index in [4.69, 9.17) is 4.84 Å². The number of carbonyl (C=O) groups excluding carboxylic acids is 2. The van der Waals surface area contributed by atoms with E-state index in [9.17, 15) is 14.7 Å². The Kier molecular flexibility index (Phi) is 2.72. The van der Waals surface area contributed by atoms with Crippen molar-refractivity contribution in [2.24, 2.45) is 0 Å². The first-order valence-electron chi connectivity index (χ1n) is 4.88. The van der Waals surface area contributed by atoms with Gasteiger partial charge in [0.25, 0.3) is 11.8 Å². The summed E-state index contributed by atoms with van der Waals surface area (Å²) in [7, 11) is 0. The second-order valence-corrected chi connectivity index (χ2v) is 3.53. The topological polar surface area (TPSA) is 69.7 Å². The molecule has 5 heteroatoms. The number of rotatable bonds is 3. The van der Waals surface area contributed by atoms with Crippen molar-refractivity contribution in [3.05, 3.63) is 35.4 Å². The lowest BCUT2D eigenvalue weighted by atomic mass is 10.1. The van der Waals surface area contributed by atoms with Crippen LogP contribution in [-0.2, 0) is 4.84 Å². The van der Waals surface area contributed by atoms with Crippen molar-refractivity contribution in [3.8, 4) is 0 Å². The van der Waals surface area contributed by atoms with Gasteiger partial charge in [0.2, 0.25) is 0 Å². The lowest BCUT2D eigenvalue weighted by Gasteiger charge is -2.20. The van der Waals surface area contributed by atoms with Crippen molar-refractivity contribution < 1.29 is 19.5 Å². The van der Waals surface area contributed by atoms with Crippen molar-refractivity contribution >= 4 is 11.8 Å². The second kappa shape index (κ2) is 4.03. The Bertz CT molecular complexity index is 408. The van der Waals surface area contributed by atoms with Gasteiger partial charge in [-0.3, -0.25) is 14.4 Å². The number of carbonyl (C=O) groups is 2. The van der Waals surface area contributed by atoms with Gasteiger partial charge >= 0.3 is 0 Å². The highest BCUT2D eigenvalue weighted by Crippen LogP contribution is 2.22. The van der Waals surface area contributed by atoms with Gasteiger partial charge in [-0.2, -0.15) is 0 Å². The Morgan fingerprint density at radius 3 is 2.19 bits per heavy atom. The number of nitrogens with zero attached hydrogens (tertiary/aromatic N) is 1. The smallest absolute Gasteiger partial charge is 0.285 e. The van der Waals surface area contributed by atoms with Gasteiger partial charge in [0.15, 0.2) is 0 Å². The van der Waals surface area contributed by atoms with Crippen molar-refractivity contribution in [3.63, 3.8) is 0 Å². The third kappa shape index (κ3) is 1.60. The molecule has 1 atom stereocenters. The number of hydrogen-bond acceptors (Lipinski definition) is 4. The van der Waals surface area contributed by atoms with E-state index < -0.39 is 24.5 Å². The highest BCUT2D eigenvalue weighted by molar-refractivity contribution is 6.20. The molecule has 0 saturated carbocycles. The minimum atomic E-state index is -0.706. The van der Waals surface area contributed by atoms with Crippen LogP contribution in [0.25, 0.3) is 0 Å². The van der Waals surface area contributed by atoms with Crippen LogP contribution >= 0.6 is 0 Å². The molecule has 1 aromatic carbocycles. The average Bonchev–Trinajstić information content (AvgIpc) is 2.55. The quantitative estimate of drug-likeness (QED) is 0.670. The Balaban J connectivity index is 2.28. The molecule has 5 nitrogen and oxygen atoms in total. The van der Waals surface area contributed by atoms with Gasteiger partial charge in [-0.05, 0) is 19.1 Å². The van der Waals surface area contributed by atoms with Crippen LogP contribution in [0.1, 0.15) is 27.6 Å². The molecule has 1 aliphatic rings. The van der Waals surface area contributed by atoms with Crippen molar-refractivity contribution in [1.82, 2.24) is 5.06 Å². The summed E-state index contributed by atoms with van der Waals surface area (Å²) in [4.78, 5) is 28.5. The molecule has 0 radical (unpaired) electrons. The zero-order valence-corrected chi connectivity index (χ0v) is 8.67. The molecule has 2 amide bonds. The van der Waals surface area contributed by atoms with Gasteiger partial charge in [-0.25, -0.2) is 0 Å². The number of hydroxylamine groups is 2. The summed E-state index contributed by atoms with van der Waals surface area (Å²) < 4.78 is 0. The van der Waals surface area contributed by atoms with E-state index in [-0.39, 0.29) is 0 Å². The summed E-state index contributed by atoms with van der Waals surface area (Å²) >= 11 is 0. The summed E-state index contributed by atoms with van der Waals surface area (Å²) in [6.45, 7) is 1.00. The Hall–Kier alpha value is -1.72. The summed E-state index contributed by atoms with van der Waals surface area (Å²) in [6, 6.07) is 6.46. The van der Waals surface area contributed by atoms with Crippen LogP contribution in [0.5, 0.6) is 0 Å². The van der Waals surface area contributed by atoms with Gasteiger partial charge in [0, 0.05) is 0 Å².